The summed E-state index contributed by atoms with van der Waals surface area (Å²) in [6, 6.07) is 28.5. The number of hydrogen-bond acceptors (Lipinski definition) is 4. The lowest BCUT2D eigenvalue weighted by Crippen LogP contribution is -2.38. The smallest absolute Gasteiger partial charge is 0.238 e. The second kappa shape index (κ2) is 11.2. The Labute approximate surface area is 195 Å². The third-order valence-corrected chi connectivity index (χ3v) is 7.16. The summed E-state index contributed by atoms with van der Waals surface area (Å²) in [5.74, 6) is 0.893. The van der Waals surface area contributed by atoms with Crippen molar-refractivity contribution in [2.45, 2.75) is 29.0 Å². The Hall–Kier alpha value is -2.76. The van der Waals surface area contributed by atoms with Crippen molar-refractivity contribution in [3.8, 4) is 5.75 Å². The molecule has 0 aliphatic carbocycles. The molecule has 3 aromatic carbocycles. The normalized spacial score (nSPS) is 15.8. The minimum Gasteiger partial charge on any atom is -0.497 e. The highest BCUT2D eigenvalue weighted by atomic mass is 32.2. The van der Waals surface area contributed by atoms with E-state index >= 15 is 0 Å². The molecule has 1 heterocycles. The van der Waals surface area contributed by atoms with Crippen LogP contribution in [0.3, 0.4) is 0 Å². The molecule has 1 aliphatic rings. The molecule has 1 saturated heterocycles. The fourth-order valence-corrected chi connectivity index (χ4v) is 5.23. The number of nitrogens with zero attached hydrogens (tertiary/aromatic N) is 1. The van der Waals surface area contributed by atoms with Crippen molar-refractivity contribution < 1.29 is 9.53 Å². The number of methoxy groups -OCH3 is 1. The van der Waals surface area contributed by atoms with Crippen LogP contribution in [-0.2, 0) is 4.79 Å². The SMILES string of the molecule is COc1ccc(C(CNC(=O)C(Sc2ccccc2)c2ccccc2)N2CCCC2)cc1. The fraction of sp³-hybridized carbons (Fsp3) is 0.296. The van der Waals surface area contributed by atoms with Gasteiger partial charge in [-0.25, -0.2) is 0 Å². The van der Waals surface area contributed by atoms with Gasteiger partial charge in [0.2, 0.25) is 5.91 Å². The number of nitrogens with one attached hydrogen (secondary N) is 1. The van der Waals surface area contributed by atoms with E-state index in [0.29, 0.717) is 6.54 Å². The first-order valence-corrected chi connectivity index (χ1v) is 12.0. The number of ether oxygens (including phenoxy) is 1. The predicted molar refractivity (Wildman–Crippen MR) is 131 cm³/mol. The van der Waals surface area contributed by atoms with Crippen LogP contribution in [0.5, 0.6) is 5.75 Å². The minimum atomic E-state index is -0.298. The quantitative estimate of drug-likeness (QED) is 0.442. The van der Waals surface area contributed by atoms with Crippen molar-refractivity contribution in [1.29, 1.82) is 0 Å². The van der Waals surface area contributed by atoms with Crippen LogP contribution in [0.15, 0.2) is 89.8 Å². The Morgan fingerprint density at radius 2 is 1.53 bits per heavy atom. The van der Waals surface area contributed by atoms with E-state index in [1.54, 1.807) is 18.9 Å². The van der Waals surface area contributed by atoms with Gasteiger partial charge in [0.25, 0.3) is 0 Å². The number of likely N-dealkylation sites (tertiary alicyclic amines) is 1. The second-order valence-corrected chi connectivity index (χ2v) is 9.18. The van der Waals surface area contributed by atoms with Crippen molar-refractivity contribution in [1.82, 2.24) is 10.2 Å². The van der Waals surface area contributed by atoms with Gasteiger partial charge in [-0.05, 0) is 61.3 Å². The first kappa shape index (κ1) is 22.4. The van der Waals surface area contributed by atoms with Crippen molar-refractivity contribution in [3.63, 3.8) is 0 Å². The molecule has 4 rings (SSSR count). The Kier molecular flexibility index (Phi) is 7.86. The van der Waals surface area contributed by atoms with E-state index in [-0.39, 0.29) is 17.2 Å². The van der Waals surface area contributed by atoms with Crippen molar-refractivity contribution in [2.75, 3.05) is 26.7 Å². The molecule has 4 nitrogen and oxygen atoms in total. The molecule has 166 valence electrons. The van der Waals surface area contributed by atoms with Gasteiger partial charge in [0.15, 0.2) is 0 Å². The molecule has 1 amide bonds. The third-order valence-electron chi connectivity index (χ3n) is 5.89. The van der Waals surface area contributed by atoms with E-state index < -0.39 is 0 Å². The van der Waals surface area contributed by atoms with Crippen LogP contribution >= 0.6 is 11.8 Å². The summed E-state index contributed by atoms with van der Waals surface area (Å²) in [6.07, 6.45) is 2.41. The zero-order chi connectivity index (χ0) is 22.2. The average Bonchev–Trinajstić information content (AvgIpc) is 3.39. The zero-order valence-electron chi connectivity index (χ0n) is 18.4. The summed E-state index contributed by atoms with van der Waals surface area (Å²) in [4.78, 5) is 17.0. The van der Waals surface area contributed by atoms with Gasteiger partial charge in [-0.1, -0.05) is 60.7 Å². The van der Waals surface area contributed by atoms with Gasteiger partial charge >= 0.3 is 0 Å². The molecule has 1 N–H and O–H groups in total. The van der Waals surface area contributed by atoms with Crippen LogP contribution in [0.4, 0.5) is 0 Å². The summed E-state index contributed by atoms with van der Waals surface area (Å²) in [6.45, 7) is 2.71. The number of rotatable bonds is 9. The van der Waals surface area contributed by atoms with Gasteiger partial charge in [-0.2, -0.15) is 0 Å². The Balaban J connectivity index is 1.51. The zero-order valence-corrected chi connectivity index (χ0v) is 19.3. The van der Waals surface area contributed by atoms with Crippen molar-refractivity contribution in [2.24, 2.45) is 0 Å². The molecule has 0 radical (unpaired) electrons. The van der Waals surface area contributed by atoms with Gasteiger partial charge < -0.3 is 10.1 Å². The Bertz CT molecular complexity index is 974. The van der Waals surface area contributed by atoms with E-state index in [9.17, 15) is 4.79 Å². The molecule has 0 bridgehead atoms. The van der Waals surface area contributed by atoms with E-state index in [1.165, 1.54) is 18.4 Å². The minimum absolute atomic E-state index is 0.0442. The van der Waals surface area contributed by atoms with Crippen LogP contribution in [0.25, 0.3) is 0 Å². The largest absolute Gasteiger partial charge is 0.497 e. The lowest BCUT2D eigenvalue weighted by molar-refractivity contribution is -0.120. The third kappa shape index (κ3) is 5.72. The molecule has 1 aliphatic heterocycles. The average molecular weight is 447 g/mol. The maximum atomic E-state index is 13.4. The summed E-state index contributed by atoms with van der Waals surface area (Å²) in [7, 11) is 1.68. The first-order valence-electron chi connectivity index (χ1n) is 11.2. The van der Waals surface area contributed by atoms with Crippen molar-refractivity contribution >= 4 is 17.7 Å². The van der Waals surface area contributed by atoms with Gasteiger partial charge in [0.05, 0.1) is 13.2 Å². The summed E-state index contributed by atoms with van der Waals surface area (Å²) in [5.41, 5.74) is 2.22. The molecule has 2 atom stereocenters. The highest BCUT2D eigenvalue weighted by molar-refractivity contribution is 8.00. The number of thioether (sulfide) groups is 1. The Morgan fingerprint density at radius 3 is 2.16 bits per heavy atom. The molecule has 2 unspecified atom stereocenters. The van der Waals surface area contributed by atoms with Crippen LogP contribution < -0.4 is 10.1 Å². The molecule has 32 heavy (non-hydrogen) atoms. The van der Waals surface area contributed by atoms with E-state index in [1.807, 2.05) is 60.7 Å². The van der Waals surface area contributed by atoms with Gasteiger partial charge in [-0.3, -0.25) is 9.69 Å². The first-order chi connectivity index (χ1) is 15.7. The molecule has 3 aromatic rings. The monoisotopic (exact) mass is 446 g/mol. The van der Waals surface area contributed by atoms with E-state index in [4.69, 9.17) is 4.74 Å². The van der Waals surface area contributed by atoms with E-state index in [0.717, 1.165) is 29.3 Å². The molecule has 0 saturated carbocycles. The molecule has 5 heteroatoms. The molecular weight excluding hydrogens is 416 g/mol. The van der Waals surface area contributed by atoms with Crippen LogP contribution in [0.2, 0.25) is 0 Å². The van der Waals surface area contributed by atoms with Crippen LogP contribution in [0.1, 0.15) is 35.3 Å². The molecule has 0 spiro atoms. The number of carbonyl (C=O) groups is 1. The maximum Gasteiger partial charge on any atom is 0.238 e. The van der Waals surface area contributed by atoms with E-state index in [2.05, 4.69) is 34.5 Å². The highest BCUT2D eigenvalue weighted by Crippen LogP contribution is 2.35. The lowest BCUT2D eigenvalue weighted by Gasteiger charge is -2.29. The highest BCUT2D eigenvalue weighted by Gasteiger charge is 2.27. The van der Waals surface area contributed by atoms with Crippen LogP contribution in [-0.4, -0.2) is 37.6 Å². The molecule has 1 fully saturated rings. The molecular formula is C27H30N2O2S. The standard InChI is InChI=1S/C27H30N2O2S/c1-31-23-16-14-21(15-17-23)25(29-18-8-9-19-29)20-28-27(30)26(22-10-4-2-5-11-22)32-24-12-6-3-7-13-24/h2-7,10-17,25-26H,8-9,18-20H2,1H3,(H,28,30). The van der Waals surface area contributed by atoms with Crippen molar-refractivity contribution in [3.05, 3.63) is 96.1 Å². The number of amides is 1. The summed E-state index contributed by atoms with van der Waals surface area (Å²) in [5, 5.41) is 2.98. The van der Waals surface area contributed by atoms with Gasteiger partial charge in [0, 0.05) is 11.4 Å². The summed E-state index contributed by atoms with van der Waals surface area (Å²) >= 11 is 1.59. The summed E-state index contributed by atoms with van der Waals surface area (Å²) < 4.78 is 5.32. The number of carbonyl (C=O) groups excluding carboxylic acids is 1. The lowest BCUT2D eigenvalue weighted by atomic mass is 10.0. The Morgan fingerprint density at radius 1 is 0.906 bits per heavy atom. The number of hydrogen-bond donors (Lipinski definition) is 1. The maximum absolute atomic E-state index is 13.4. The van der Waals surface area contributed by atoms with Crippen LogP contribution in [0, 0.1) is 0 Å². The molecule has 0 aromatic heterocycles. The number of benzene rings is 3. The fourth-order valence-electron chi connectivity index (χ4n) is 4.16. The predicted octanol–water partition coefficient (Wildman–Crippen LogP) is 5.48. The van der Waals surface area contributed by atoms with Gasteiger partial charge in [0.1, 0.15) is 11.0 Å². The van der Waals surface area contributed by atoms with Gasteiger partial charge in [-0.15, -0.1) is 11.8 Å². The topological polar surface area (TPSA) is 41.6 Å². The second-order valence-electron chi connectivity index (χ2n) is 8.00.